The molecule has 0 amide bonds. The predicted octanol–water partition coefficient (Wildman–Crippen LogP) is 1.94. The van der Waals surface area contributed by atoms with Crippen molar-refractivity contribution < 1.29 is 5.21 Å². The fourth-order valence-corrected chi connectivity index (χ4v) is 1.33. The fraction of sp³-hybridized carbons (Fsp3) is 0. The quantitative estimate of drug-likeness (QED) is 0.431. The highest BCUT2D eigenvalue weighted by Gasteiger charge is 2.05. The number of fused-ring (bicyclic) bond motifs is 1. The first kappa shape index (κ1) is 9.16. The van der Waals surface area contributed by atoms with Crippen molar-refractivity contribution in [2.45, 2.75) is 0 Å². The number of benzene rings is 1. The van der Waals surface area contributed by atoms with Gasteiger partial charge in [-0.15, -0.1) is 0 Å². The zero-order valence-electron chi connectivity index (χ0n) is 7.75. The highest BCUT2D eigenvalue weighted by Crippen LogP contribution is 2.11. The lowest BCUT2D eigenvalue weighted by atomic mass is 10.2. The molecule has 0 atom stereocenters. The van der Waals surface area contributed by atoms with E-state index >= 15 is 0 Å². The molecule has 2 aromatic rings. The summed E-state index contributed by atoms with van der Waals surface area (Å²) in [5, 5.41) is 21.1. The summed E-state index contributed by atoms with van der Waals surface area (Å²) in [6.45, 7) is 0. The topological polar surface area (TPSA) is 69.3 Å². The van der Waals surface area contributed by atoms with Gasteiger partial charge in [0.1, 0.15) is 11.8 Å². The average molecular weight is 197 g/mol. The van der Waals surface area contributed by atoms with Crippen molar-refractivity contribution in [3.05, 3.63) is 42.1 Å². The van der Waals surface area contributed by atoms with E-state index in [1.54, 1.807) is 12.1 Å². The summed E-state index contributed by atoms with van der Waals surface area (Å²) in [6.07, 6.45) is 0. The van der Waals surface area contributed by atoms with E-state index < -0.39 is 0 Å². The number of pyridine rings is 1. The molecule has 0 aliphatic heterocycles. The lowest BCUT2D eigenvalue weighted by Gasteiger charge is -1.98. The molecule has 4 heteroatoms. The molecule has 0 aliphatic rings. The van der Waals surface area contributed by atoms with E-state index in [9.17, 15) is 0 Å². The minimum Gasteiger partial charge on any atom is -0.410 e. The highest BCUT2D eigenvalue weighted by atomic mass is 16.4. The number of hydrogen-bond acceptors (Lipinski definition) is 4. The van der Waals surface area contributed by atoms with Crippen LogP contribution in [-0.2, 0) is 0 Å². The smallest absolute Gasteiger partial charge is 0.205 e. The van der Waals surface area contributed by atoms with Gasteiger partial charge in [-0.3, -0.25) is 0 Å². The summed E-state index contributed by atoms with van der Waals surface area (Å²) >= 11 is 0. The molecule has 15 heavy (non-hydrogen) atoms. The molecular formula is C11H7N3O. The van der Waals surface area contributed by atoms with Crippen LogP contribution in [0.1, 0.15) is 5.69 Å². The summed E-state index contributed by atoms with van der Waals surface area (Å²) in [6, 6.07) is 12.8. The van der Waals surface area contributed by atoms with Gasteiger partial charge in [-0.25, -0.2) is 4.98 Å². The molecule has 1 aromatic carbocycles. The third-order valence-electron chi connectivity index (χ3n) is 2.05. The zero-order chi connectivity index (χ0) is 10.7. The molecule has 72 valence electrons. The summed E-state index contributed by atoms with van der Waals surface area (Å²) < 4.78 is 0. The Balaban J connectivity index is 2.62. The first-order chi connectivity index (χ1) is 7.35. The zero-order valence-corrected chi connectivity index (χ0v) is 7.75. The van der Waals surface area contributed by atoms with E-state index in [0.717, 1.165) is 10.9 Å². The Morgan fingerprint density at radius 3 is 2.80 bits per heavy atom. The van der Waals surface area contributed by atoms with Crippen molar-refractivity contribution in [2.24, 2.45) is 5.16 Å². The highest BCUT2D eigenvalue weighted by molar-refractivity contribution is 6.10. The molecule has 2 rings (SSSR count). The summed E-state index contributed by atoms with van der Waals surface area (Å²) in [5.74, 6) is 0. The van der Waals surface area contributed by atoms with Gasteiger partial charge < -0.3 is 5.21 Å². The van der Waals surface area contributed by atoms with Crippen LogP contribution in [0.2, 0.25) is 0 Å². The van der Waals surface area contributed by atoms with E-state index in [1.165, 1.54) is 0 Å². The third kappa shape index (κ3) is 1.63. The van der Waals surface area contributed by atoms with E-state index in [1.807, 2.05) is 30.3 Å². The summed E-state index contributed by atoms with van der Waals surface area (Å²) in [4.78, 5) is 4.20. The van der Waals surface area contributed by atoms with Gasteiger partial charge in [0.15, 0.2) is 0 Å². The second-order valence-corrected chi connectivity index (χ2v) is 2.95. The predicted molar refractivity (Wildman–Crippen MR) is 55.7 cm³/mol. The Bertz CT molecular complexity index is 569. The van der Waals surface area contributed by atoms with Gasteiger partial charge in [-0.05, 0) is 12.1 Å². The minimum atomic E-state index is -0.0826. The normalized spacial score (nSPS) is 11.3. The van der Waals surface area contributed by atoms with Crippen LogP contribution in [-0.4, -0.2) is 15.9 Å². The number of nitrogens with zero attached hydrogens (tertiary/aromatic N) is 3. The largest absolute Gasteiger partial charge is 0.410 e. The van der Waals surface area contributed by atoms with Crippen LogP contribution < -0.4 is 0 Å². The Kier molecular flexibility index (Phi) is 2.30. The number of oxime groups is 1. The molecule has 0 fully saturated rings. The van der Waals surface area contributed by atoms with Crippen molar-refractivity contribution in [2.75, 3.05) is 0 Å². The lowest BCUT2D eigenvalue weighted by molar-refractivity contribution is 0.320. The van der Waals surface area contributed by atoms with E-state index in [4.69, 9.17) is 10.5 Å². The van der Waals surface area contributed by atoms with Crippen molar-refractivity contribution >= 4 is 16.6 Å². The molecule has 0 saturated carbocycles. The SMILES string of the molecule is N#C/C(=N\O)c1ccc2ccccc2n1. The van der Waals surface area contributed by atoms with Crippen molar-refractivity contribution in [1.82, 2.24) is 4.98 Å². The monoisotopic (exact) mass is 197 g/mol. The maximum absolute atomic E-state index is 8.67. The fourth-order valence-electron chi connectivity index (χ4n) is 1.33. The average Bonchev–Trinajstić information content (AvgIpc) is 2.30. The van der Waals surface area contributed by atoms with Gasteiger partial charge in [-0.2, -0.15) is 5.26 Å². The number of aromatic nitrogens is 1. The molecular weight excluding hydrogens is 190 g/mol. The van der Waals surface area contributed by atoms with Gasteiger partial charge >= 0.3 is 0 Å². The minimum absolute atomic E-state index is 0.0826. The molecule has 1 heterocycles. The molecule has 1 N–H and O–H groups in total. The Morgan fingerprint density at radius 1 is 1.27 bits per heavy atom. The van der Waals surface area contributed by atoms with Crippen LogP contribution in [0, 0.1) is 11.3 Å². The van der Waals surface area contributed by atoms with Crippen LogP contribution in [0.5, 0.6) is 0 Å². The van der Waals surface area contributed by atoms with Crippen molar-refractivity contribution in [3.63, 3.8) is 0 Å². The maximum atomic E-state index is 8.67. The standard InChI is InChI=1S/C11H7N3O/c12-7-11(14-15)10-6-5-8-3-1-2-4-9(8)13-10/h1-6,15H/b14-11+. The van der Waals surface area contributed by atoms with Crippen LogP contribution >= 0.6 is 0 Å². The Morgan fingerprint density at radius 2 is 2.07 bits per heavy atom. The number of hydrogen-bond donors (Lipinski definition) is 1. The second-order valence-electron chi connectivity index (χ2n) is 2.95. The molecule has 0 spiro atoms. The summed E-state index contributed by atoms with van der Waals surface area (Å²) in [5.41, 5.74) is 1.06. The van der Waals surface area contributed by atoms with Gasteiger partial charge in [0, 0.05) is 5.39 Å². The van der Waals surface area contributed by atoms with Gasteiger partial charge in [0.2, 0.25) is 5.71 Å². The molecule has 0 aliphatic carbocycles. The van der Waals surface area contributed by atoms with E-state index in [-0.39, 0.29) is 5.71 Å². The maximum Gasteiger partial charge on any atom is 0.205 e. The van der Waals surface area contributed by atoms with Gasteiger partial charge in [-0.1, -0.05) is 29.4 Å². The van der Waals surface area contributed by atoms with Crippen LogP contribution in [0.25, 0.3) is 10.9 Å². The first-order valence-electron chi connectivity index (χ1n) is 4.33. The molecule has 0 bridgehead atoms. The first-order valence-corrected chi connectivity index (χ1v) is 4.33. The molecule has 0 saturated heterocycles. The molecule has 4 nitrogen and oxygen atoms in total. The Hall–Kier alpha value is -2.41. The summed E-state index contributed by atoms with van der Waals surface area (Å²) in [7, 11) is 0. The van der Waals surface area contributed by atoms with Crippen LogP contribution in [0.3, 0.4) is 0 Å². The van der Waals surface area contributed by atoms with Crippen LogP contribution in [0.15, 0.2) is 41.6 Å². The molecule has 1 aromatic heterocycles. The second kappa shape index (κ2) is 3.76. The van der Waals surface area contributed by atoms with E-state index in [2.05, 4.69) is 10.1 Å². The van der Waals surface area contributed by atoms with Crippen LogP contribution in [0.4, 0.5) is 0 Å². The Labute approximate surface area is 86.1 Å². The number of rotatable bonds is 1. The van der Waals surface area contributed by atoms with Crippen molar-refractivity contribution in [1.29, 1.82) is 5.26 Å². The molecule has 0 radical (unpaired) electrons. The molecule has 0 unspecified atom stereocenters. The number of para-hydroxylation sites is 1. The van der Waals surface area contributed by atoms with Gasteiger partial charge in [0.05, 0.1) is 5.52 Å². The third-order valence-corrected chi connectivity index (χ3v) is 2.05. The lowest BCUT2D eigenvalue weighted by Crippen LogP contribution is -2.00. The van der Waals surface area contributed by atoms with E-state index in [0.29, 0.717) is 5.69 Å². The van der Waals surface area contributed by atoms with Gasteiger partial charge in [0.25, 0.3) is 0 Å². The van der Waals surface area contributed by atoms with Crippen molar-refractivity contribution in [3.8, 4) is 6.07 Å². The number of nitriles is 1.